The molecule has 100 valence electrons. The van der Waals surface area contributed by atoms with Crippen LogP contribution in [-0.2, 0) is 17.8 Å². The van der Waals surface area contributed by atoms with Crippen molar-refractivity contribution in [3.05, 3.63) is 23.3 Å². The number of hydrogen-bond donors (Lipinski definition) is 0. The van der Waals surface area contributed by atoms with E-state index in [0.29, 0.717) is 24.6 Å². The SMILES string of the molecule is COc1cc2c(cc1OC)CN(C(=O)CC#N)CC2. The molecule has 1 heterocycles. The molecular formula is C14H16N2O3. The standard InChI is InChI=1S/C14H16N2O3/c1-18-12-7-10-4-6-16(14(17)3-5-15)9-11(10)8-13(12)19-2/h7-8H,3-4,6,9H2,1-2H3. The highest BCUT2D eigenvalue weighted by atomic mass is 16.5. The number of rotatable bonds is 3. The van der Waals surface area contributed by atoms with Gasteiger partial charge < -0.3 is 14.4 Å². The number of carbonyl (C=O) groups is 1. The maximum atomic E-state index is 11.7. The van der Waals surface area contributed by atoms with Crippen molar-refractivity contribution in [2.75, 3.05) is 20.8 Å². The van der Waals surface area contributed by atoms with E-state index in [9.17, 15) is 4.79 Å². The molecule has 1 amide bonds. The van der Waals surface area contributed by atoms with Crippen LogP contribution in [0.5, 0.6) is 11.5 Å². The summed E-state index contributed by atoms with van der Waals surface area (Å²) in [5, 5.41) is 8.58. The average molecular weight is 260 g/mol. The van der Waals surface area contributed by atoms with Gasteiger partial charge in [0.1, 0.15) is 6.42 Å². The summed E-state index contributed by atoms with van der Waals surface area (Å²) in [6.45, 7) is 1.17. The summed E-state index contributed by atoms with van der Waals surface area (Å²) < 4.78 is 10.5. The highest BCUT2D eigenvalue weighted by Crippen LogP contribution is 2.33. The number of hydrogen-bond acceptors (Lipinski definition) is 4. The predicted molar refractivity (Wildman–Crippen MR) is 68.9 cm³/mol. The molecule has 0 fully saturated rings. The van der Waals surface area contributed by atoms with Gasteiger partial charge in [-0.1, -0.05) is 0 Å². The Hall–Kier alpha value is -2.22. The maximum Gasteiger partial charge on any atom is 0.237 e. The van der Waals surface area contributed by atoms with Gasteiger partial charge in [0, 0.05) is 13.1 Å². The molecule has 0 aromatic heterocycles. The summed E-state index contributed by atoms with van der Waals surface area (Å²) in [6, 6.07) is 5.76. The zero-order chi connectivity index (χ0) is 13.8. The molecule has 0 saturated heterocycles. The molecule has 0 atom stereocenters. The number of nitriles is 1. The van der Waals surface area contributed by atoms with E-state index in [1.54, 1.807) is 19.1 Å². The third-order valence-corrected chi connectivity index (χ3v) is 3.30. The van der Waals surface area contributed by atoms with Crippen molar-refractivity contribution in [1.82, 2.24) is 4.90 Å². The zero-order valence-corrected chi connectivity index (χ0v) is 11.1. The zero-order valence-electron chi connectivity index (χ0n) is 11.1. The molecule has 1 aromatic carbocycles. The van der Waals surface area contributed by atoms with Crippen LogP contribution in [0, 0.1) is 11.3 Å². The summed E-state index contributed by atoms with van der Waals surface area (Å²) in [7, 11) is 3.20. The van der Waals surface area contributed by atoms with Crippen molar-refractivity contribution in [3.8, 4) is 17.6 Å². The quantitative estimate of drug-likeness (QED) is 0.826. The summed E-state index contributed by atoms with van der Waals surface area (Å²) in [5.41, 5.74) is 2.22. The minimum Gasteiger partial charge on any atom is -0.493 e. The third-order valence-electron chi connectivity index (χ3n) is 3.30. The van der Waals surface area contributed by atoms with Gasteiger partial charge in [-0.3, -0.25) is 4.79 Å². The summed E-state index contributed by atoms with van der Waals surface area (Å²) in [4.78, 5) is 13.4. The fourth-order valence-electron chi connectivity index (χ4n) is 2.28. The Bertz CT molecular complexity index is 534. The number of benzene rings is 1. The van der Waals surface area contributed by atoms with Crippen LogP contribution in [0.1, 0.15) is 17.5 Å². The molecule has 5 nitrogen and oxygen atoms in total. The largest absolute Gasteiger partial charge is 0.493 e. The Morgan fingerprint density at radius 2 is 1.95 bits per heavy atom. The van der Waals surface area contributed by atoms with Crippen molar-refractivity contribution >= 4 is 5.91 Å². The van der Waals surface area contributed by atoms with Crippen molar-refractivity contribution in [1.29, 1.82) is 5.26 Å². The van der Waals surface area contributed by atoms with E-state index >= 15 is 0 Å². The van der Waals surface area contributed by atoms with Gasteiger partial charge in [-0.05, 0) is 29.7 Å². The van der Waals surface area contributed by atoms with Crippen LogP contribution in [0.2, 0.25) is 0 Å². The first-order valence-electron chi connectivity index (χ1n) is 6.08. The lowest BCUT2D eigenvalue weighted by Crippen LogP contribution is -2.35. The molecule has 1 aromatic rings. The molecule has 0 spiro atoms. The molecule has 5 heteroatoms. The van der Waals surface area contributed by atoms with E-state index in [2.05, 4.69) is 0 Å². The average Bonchev–Trinajstić information content (AvgIpc) is 2.45. The molecule has 0 aliphatic carbocycles. The fourth-order valence-corrected chi connectivity index (χ4v) is 2.28. The smallest absolute Gasteiger partial charge is 0.237 e. The van der Waals surface area contributed by atoms with Crippen LogP contribution in [-0.4, -0.2) is 31.6 Å². The summed E-state index contributed by atoms with van der Waals surface area (Å²) in [5.74, 6) is 1.25. The molecule has 0 N–H and O–H groups in total. The van der Waals surface area contributed by atoms with E-state index in [1.807, 2.05) is 18.2 Å². The van der Waals surface area contributed by atoms with Crippen molar-refractivity contribution in [2.24, 2.45) is 0 Å². The maximum absolute atomic E-state index is 11.7. The first-order chi connectivity index (χ1) is 9.19. The monoisotopic (exact) mass is 260 g/mol. The molecule has 0 saturated carbocycles. The minimum absolute atomic E-state index is 0.0668. The molecule has 0 radical (unpaired) electrons. The van der Waals surface area contributed by atoms with E-state index in [0.717, 1.165) is 12.0 Å². The number of ether oxygens (including phenoxy) is 2. The van der Waals surface area contributed by atoms with Crippen LogP contribution in [0.25, 0.3) is 0 Å². The van der Waals surface area contributed by atoms with Crippen molar-refractivity contribution in [3.63, 3.8) is 0 Å². The molecule has 0 bridgehead atoms. The molecule has 19 heavy (non-hydrogen) atoms. The topological polar surface area (TPSA) is 62.6 Å². The number of fused-ring (bicyclic) bond motifs is 1. The first kappa shape index (κ1) is 13.2. The van der Waals surface area contributed by atoms with Gasteiger partial charge >= 0.3 is 0 Å². The van der Waals surface area contributed by atoms with E-state index in [4.69, 9.17) is 14.7 Å². The number of methoxy groups -OCH3 is 2. The minimum atomic E-state index is -0.122. The van der Waals surface area contributed by atoms with Gasteiger partial charge in [-0.15, -0.1) is 0 Å². The van der Waals surface area contributed by atoms with Gasteiger partial charge in [0.05, 0.1) is 20.3 Å². The van der Waals surface area contributed by atoms with E-state index in [-0.39, 0.29) is 12.3 Å². The first-order valence-corrected chi connectivity index (χ1v) is 6.08. The number of amides is 1. The third kappa shape index (κ3) is 2.63. The Balaban J connectivity index is 2.25. The van der Waals surface area contributed by atoms with Gasteiger partial charge in [0.2, 0.25) is 5.91 Å². The second-order valence-corrected chi connectivity index (χ2v) is 4.38. The molecule has 1 aliphatic rings. The second-order valence-electron chi connectivity index (χ2n) is 4.38. The van der Waals surface area contributed by atoms with Crippen LogP contribution < -0.4 is 9.47 Å². The van der Waals surface area contributed by atoms with Crippen LogP contribution >= 0.6 is 0 Å². The van der Waals surface area contributed by atoms with Crippen molar-refractivity contribution in [2.45, 2.75) is 19.4 Å². The fraction of sp³-hybridized carbons (Fsp3) is 0.429. The highest BCUT2D eigenvalue weighted by molar-refractivity contribution is 5.78. The van der Waals surface area contributed by atoms with Crippen LogP contribution in [0.3, 0.4) is 0 Å². The summed E-state index contributed by atoms with van der Waals surface area (Å²) >= 11 is 0. The van der Waals surface area contributed by atoms with Crippen LogP contribution in [0.4, 0.5) is 0 Å². The summed E-state index contributed by atoms with van der Waals surface area (Å²) in [6.07, 6.45) is 0.704. The Labute approximate surface area is 112 Å². The Morgan fingerprint density at radius 3 is 2.53 bits per heavy atom. The second kappa shape index (κ2) is 5.61. The molecule has 2 rings (SSSR count). The molecule has 0 unspecified atom stereocenters. The van der Waals surface area contributed by atoms with Crippen LogP contribution in [0.15, 0.2) is 12.1 Å². The predicted octanol–water partition coefficient (Wildman–Crippen LogP) is 1.50. The van der Waals surface area contributed by atoms with E-state index in [1.165, 1.54) is 5.56 Å². The molecule has 1 aliphatic heterocycles. The van der Waals surface area contributed by atoms with E-state index < -0.39 is 0 Å². The van der Waals surface area contributed by atoms with Crippen molar-refractivity contribution < 1.29 is 14.3 Å². The van der Waals surface area contributed by atoms with Gasteiger partial charge in [-0.2, -0.15) is 5.26 Å². The Morgan fingerprint density at radius 1 is 1.32 bits per heavy atom. The molecular weight excluding hydrogens is 244 g/mol. The lowest BCUT2D eigenvalue weighted by atomic mass is 9.98. The van der Waals surface area contributed by atoms with Gasteiger partial charge in [0.15, 0.2) is 11.5 Å². The highest BCUT2D eigenvalue weighted by Gasteiger charge is 2.22. The number of carbonyl (C=O) groups excluding carboxylic acids is 1. The normalized spacial score (nSPS) is 13.4. The lowest BCUT2D eigenvalue weighted by molar-refractivity contribution is -0.131. The lowest BCUT2D eigenvalue weighted by Gasteiger charge is -2.29. The van der Waals surface area contributed by atoms with Gasteiger partial charge in [-0.25, -0.2) is 0 Å². The number of nitrogens with zero attached hydrogens (tertiary/aromatic N) is 2. The Kier molecular flexibility index (Phi) is 3.91. The van der Waals surface area contributed by atoms with Gasteiger partial charge in [0.25, 0.3) is 0 Å².